The Morgan fingerprint density at radius 2 is 1.92 bits per heavy atom. The SMILES string of the molecule is CC(/C=C/c1ccc2c(c1)OCO2)=N\NC(=O)CNc1ccc(C)cc1. The van der Waals surface area contributed by atoms with Gasteiger partial charge in [0, 0.05) is 5.69 Å². The van der Waals surface area contributed by atoms with Crippen molar-refractivity contribution in [1.29, 1.82) is 0 Å². The lowest BCUT2D eigenvalue weighted by molar-refractivity contribution is -0.119. The molecule has 1 amide bonds. The van der Waals surface area contributed by atoms with Crippen molar-refractivity contribution < 1.29 is 14.3 Å². The van der Waals surface area contributed by atoms with Gasteiger partial charge in [0.15, 0.2) is 11.5 Å². The number of hydrogen-bond acceptors (Lipinski definition) is 5. The van der Waals surface area contributed by atoms with Crippen LogP contribution in [0, 0.1) is 6.92 Å². The molecule has 134 valence electrons. The first-order chi connectivity index (χ1) is 12.6. The Hall–Kier alpha value is -3.28. The molecular formula is C20H21N3O3. The van der Waals surface area contributed by atoms with Crippen LogP contribution in [0.1, 0.15) is 18.1 Å². The highest BCUT2D eigenvalue weighted by Crippen LogP contribution is 2.32. The second kappa shape index (κ2) is 8.20. The number of ether oxygens (including phenoxy) is 2. The Bertz CT molecular complexity index is 842. The number of hydrogen-bond donors (Lipinski definition) is 2. The van der Waals surface area contributed by atoms with Crippen molar-refractivity contribution in [3.05, 3.63) is 59.7 Å². The summed E-state index contributed by atoms with van der Waals surface area (Å²) >= 11 is 0. The van der Waals surface area contributed by atoms with E-state index in [1.807, 2.05) is 68.5 Å². The van der Waals surface area contributed by atoms with Gasteiger partial charge in [0.1, 0.15) is 0 Å². The van der Waals surface area contributed by atoms with Gasteiger partial charge in [-0.3, -0.25) is 4.79 Å². The lowest BCUT2D eigenvalue weighted by atomic mass is 10.2. The summed E-state index contributed by atoms with van der Waals surface area (Å²) in [7, 11) is 0. The fourth-order valence-electron chi connectivity index (χ4n) is 2.31. The number of hydrazone groups is 1. The maximum atomic E-state index is 11.9. The zero-order valence-corrected chi connectivity index (χ0v) is 14.8. The first kappa shape index (κ1) is 17.5. The number of nitrogens with one attached hydrogen (secondary N) is 2. The Kier molecular flexibility index (Phi) is 5.53. The second-order valence-corrected chi connectivity index (χ2v) is 5.95. The molecule has 0 radical (unpaired) electrons. The van der Waals surface area contributed by atoms with E-state index >= 15 is 0 Å². The van der Waals surface area contributed by atoms with Crippen molar-refractivity contribution in [1.82, 2.24) is 5.43 Å². The molecular weight excluding hydrogens is 330 g/mol. The molecule has 2 N–H and O–H groups in total. The topological polar surface area (TPSA) is 72.0 Å². The number of carbonyl (C=O) groups is 1. The van der Waals surface area contributed by atoms with Gasteiger partial charge in [-0.05, 0) is 49.8 Å². The van der Waals surface area contributed by atoms with E-state index in [0.717, 1.165) is 22.7 Å². The maximum absolute atomic E-state index is 11.9. The minimum absolute atomic E-state index is 0.158. The van der Waals surface area contributed by atoms with Crippen LogP contribution in [-0.4, -0.2) is 25.0 Å². The summed E-state index contributed by atoms with van der Waals surface area (Å²) < 4.78 is 10.6. The highest BCUT2D eigenvalue weighted by atomic mass is 16.7. The number of aryl methyl sites for hydroxylation is 1. The minimum atomic E-state index is -0.207. The van der Waals surface area contributed by atoms with Gasteiger partial charge in [-0.2, -0.15) is 5.10 Å². The zero-order valence-electron chi connectivity index (χ0n) is 14.8. The monoisotopic (exact) mass is 351 g/mol. The Labute approximate surface area is 152 Å². The average Bonchev–Trinajstić information content (AvgIpc) is 3.12. The normalized spacial score (nSPS) is 13.1. The second-order valence-electron chi connectivity index (χ2n) is 5.95. The van der Waals surface area contributed by atoms with Crippen LogP contribution in [0.25, 0.3) is 6.08 Å². The summed E-state index contributed by atoms with van der Waals surface area (Å²) in [5.74, 6) is 1.28. The predicted octanol–water partition coefficient (Wildman–Crippen LogP) is 3.34. The number of amides is 1. The molecule has 2 aromatic carbocycles. The number of nitrogens with zero attached hydrogens (tertiary/aromatic N) is 1. The summed E-state index contributed by atoms with van der Waals surface area (Å²) in [6, 6.07) is 13.5. The van der Waals surface area contributed by atoms with E-state index in [1.54, 1.807) is 0 Å². The number of anilines is 1. The molecule has 0 aromatic heterocycles. The van der Waals surface area contributed by atoms with E-state index in [2.05, 4.69) is 15.8 Å². The number of allylic oxidation sites excluding steroid dienone is 1. The molecule has 1 aliphatic rings. The van der Waals surface area contributed by atoms with Crippen LogP contribution in [0.15, 0.2) is 53.6 Å². The first-order valence-corrected chi connectivity index (χ1v) is 8.31. The number of fused-ring (bicyclic) bond motifs is 1. The molecule has 3 rings (SSSR count). The largest absolute Gasteiger partial charge is 0.454 e. The third kappa shape index (κ3) is 4.86. The highest BCUT2D eigenvalue weighted by Gasteiger charge is 2.12. The van der Waals surface area contributed by atoms with Crippen LogP contribution < -0.4 is 20.2 Å². The van der Waals surface area contributed by atoms with Crippen LogP contribution in [0.4, 0.5) is 5.69 Å². The summed E-state index contributed by atoms with van der Waals surface area (Å²) in [5.41, 5.74) is 6.26. The first-order valence-electron chi connectivity index (χ1n) is 8.31. The molecule has 0 bridgehead atoms. The van der Waals surface area contributed by atoms with Gasteiger partial charge in [-0.1, -0.05) is 29.8 Å². The van der Waals surface area contributed by atoms with E-state index < -0.39 is 0 Å². The summed E-state index contributed by atoms with van der Waals surface area (Å²) in [5, 5.41) is 7.12. The maximum Gasteiger partial charge on any atom is 0.259 e. The fraction of sp³-hybridized carbons (Fsp3) is 0.200. The van der Waals surface area contributed by atoms with Gasteiger partial charge in [0.25, 0.3) is 5.91 Å². The molecule has 26 heavy (non-hydrogen) atoms. The number of rotatable bonds is 6. The number of carbonyl (C=O) groups excluding carboxylic acids is 1. The van der Waals surface area contributed by atoms with Crippen LogP contribution in [0.2, 0.25) is 0 Å². The summed E-state index contributed by atoms with van der Waals surface area (Å²) in [4.78, 5) is 11.9. The van der Waals surface area contributed by atoms with Gasteiger partial charge in [0.05, 0.1) is 12.3 Å². The van der Waals surface area contributed by atoms with Crippen molar-refractivity contribution in [2.24, 2.45) is 5.10 Å². The smallest absolute Gasteiger partial charge is 0.259 e. The minimum Gasteiger partial charge on any atom is -0.454 e. The highest BCUT2D eigenvalue weighted by molar-refractivity contribution is 5.97. The molecule has 0 fully saturated rings. The third-order valence-electron chi connectivity index (χ3n) is 3.78. The lowest BCUT2D eigenvalue weighted by Crippen LogP contribution is -2.26. The molecule has 1 aliphatic heterocycles. The van der Waals surface area contributed by atoms with Crippen molar-refractivity contribution in [2.45, 2.75) is 13.8 Å². The Morgan fingerprint density at radius 1 is 1.15 bits per heavy atom. The van der Waals surface area contributed by atoms with E-state index in [-0.39, 0.29) is 19.2 Å². The van der Waals surface area contributed by atoms with Crippen molar-refractivity contribution in [3.63, 3.8) is 0 Å². The molecule has 0 aliphatic carbocycles. The lowest BCUT2D eigenvalue weighted by Gasteiger charge is -2.05. The molecule has 0 saturated heterocycles. The average molecular weight is 351 g/mol. The van der Waals surface area contributed by atoms with Gasteiger partial charge < -0.3 is 14.8 Å². The van der Waals surface area contributed by atoms with Crippen molar-refractivity contribution in [2.75, 3.05) is 18.7 Å². The standard InChI is InChI=1S/C20H21N3O3/c1-14-3-8-17(9-4-14)21-12-20(24)23-22-15(2)5-6-16-7-10-18-19(11-16)26-13-25-18/h3-11,21H,12-13H2,1-2H3,(H,23,24)/b6-5+,22-15+. The van der Waals surface area contributed by atoms with E-state index in [9.17, 15) is 4.79 Å². The van der Waals surface area contributed by atoms with Gasteiger partial charge in [0.2, 0.25) is 6.79 Å². The predicted molar refractivity (Wildman–Crippen MR) is 103 cm³/mol. The van der Waals surface area contributed by atoms with E-state index in [1.165, 1.54) is 5.56 Å². The zero-order chi connectivity index (χ0) is 18.4. The summed E-state index contributed by atoms with van der Waals surface area (Å²) in [6.07, 6.45) is 3.72. The van der Waals surface area contributed by atoms with Crippen LogP contribution in [0.5, 0.6) is 11.5 Å². The molecule has 6 nitrogen and oxygen atoms in total. The molecule has 0 atom stereocenters. The Morgan fingerprint density at radius 3 is 2.73 bits per heavy atom. The molecule has 0 saturated carbocycles. The van der Waals surface area contributed by atoms with Crippen LogP contribution >= 0.6 is 0 Å². The van der Waals surface area contributed by atoms with Crippen molar-refractivity contribution in [3.8, 4) is 11.5 Å². The van der Waals surface area contributed by atoms with E-state index in [0.29, 0.717) is 5.71 Å². The van der Waals surface area contributed by atoms with Gasteiger partial charge >= 0.3 is 0 Å². The third-order valence-corrected chi connectivity index (χ3v) is 3.78. The molecule has 6 heteroatoms. The fourth-order valence-corrected chi connectivity index (χ4v) is 2.31. The Balaban J connectivity index is 1.48. The molecule has 0 spiro atoms. The quantitative estimate of drug-likeness (QED) is 0.618. The van der Waals surface area contributed by atoms with Gasteiger partial charge in [-0.25, -0.2) is 5.43 Å². The molecule has 0 unspecified atom stereocenters. The molecule has 1 heterocycles. The van der Waals surface area contributed by atoms with E-state index in [4.69, 9.17) is 9.47 Å². The van der Waals surface area contributed by atoms with Crippen LogP contribution in [0.3, 0.4) is 0 Å². The van der Waals surface area contributed by atoms with Gasteiger partial charge in [-0.15, -0.1) is 0 Å². The van der Waals surface area contributed by atoms with Crippen molar-refractivity contribution >= 4 is 23.4 Å². The summed E-state index contributed by atoms with van der Waals surface area (Å²) in [6.45, 7) is 4.25. The molecule has 2 aromatic rings. The van der Waals surface area contributed by atoms with Crippen LogP contribution in [-0.2, 0) is 4.79 Å². The number of benzene rings is 2.